The van der Waals surface area contributed by atoms with Gasteiger partial charge < -0.3 is 0 Å². The summed E-state index contributed by atoms with van der Waals surface area (Å²) in [6, 6.07) is 11.6. The summed E-state index contributed by atoms with van der Waals surface area (Å²) < 4.78 is 1.85. The molecule has 0 aliphatic heterocycles. The van der Waals surface area contributed by atoms with E-state index in [9.17, 15) is 4.79 Å². The molecule has 0 aliphatic rings. The summed E-state index contributed by atoms with van der Waals surface area (Å²) in [6.07, 6.45) is 5.88. The number of carbonyl (C=O) groups is 1. The van der Waals surface area contributed by atoms with Crippen LogP contribution in [-0.2, 0) is 6.54 Å². The van der Waals surface area contributed by atoms with Gasteiger partial charge in [-0.2, -0.15) is 5.10 Å². The highest BCUT2D eigenvalue weighted by Gasteiger charge is 2.14. The number of hydrogen-bond donors (Lipinski definition) is 2. The van der Waals surface area contributed by atoms with E-state index in [0.717, 1.165) is 30.6 Å². The summed E-state index contributed by atoms with van der Waals surface area (Å²) in [7, 11) is 0. The second kappa shape index (κ2) is 8.34. The normalized spacial score (nSPS) is 10.6. The minimum Gasteiger partial charge on any atom is -0.288 e. The lowest BCUT2D eigenvalue weighted by Gasteiger charge is -2.07. The van der Waals surface area contributed by atoms with Crippen molar-refractivity contribution in [2.75, 3.05) is 0 Å². The average Bonchev–Trinajstić information content (AvgIpc) is 2.99. The number of rotatable bonds is 8. The third-order valence-electron chi connectivity index (χ3n) is 3.66. The molecule has 0 bridgehead atoms. The Bertz CT molecular complexity index is 593. The Hall–Kier alpha value is -2.14. The number of amides is 1. The van der Waals surface area contributed by atoms with E-state index in [1.54, 1.807) is 11.5 Å². The fraction of sp³-hybridized carbons (Fsp3) is 0.412. The maximum absolute atomic E-state index is 11.6. The Balaban J connectivity index is 2.15. The highest BCUT2D eigenvalue weighted by Crippen LogP contribution is 2.21. The van der Waals surface area contributed by atoms with Gasteiger partial charge in [-0.1, -0.05) is 62.9 Å². The van der Waals surface area contributed by atoms with Gasteiger partial charge in [-0.3, -0.25) is 14.7 Å². The minimum atomic E-state index is -0.582. The topological polar surface area (TPSA) is 67.2 Å². The van der Waals surface area contributed by atoms with Crippen molar-refractivity contribution in [3.8, 4) is 11.3 Å². The Morgan fingerprint density at radius 3 is 2.59 bits per heavy atom. The standard InChI is InChI=1S/C17H23N3O2/c1-2-3-4-5-9-12-20-16(14-10-7-6-8-11-14)13-15(18-20)17(21)19-22/h6-8,10-11,13,22H,2-5,9,12H2,1H3,(H,19,21). The van der Waals surface area contributed by atoms with Crippen LogP contribution in [0.25, 0.3) is 11.3 Å². The van der Waals surface area contributed by atoms with Gasteiger partial charge in [0.2, 0.25) is 0 Å². The molecule has 22 heavy (non-hydrogen) atoms. The number of benzene rings is 1. The van der Waals surface area contributed by atoms with E-state index >= 15 is 0 Å². The monoisotopic (exact) mass is 301 g/mol. The van der Waals surface area contributed by atoms with Crippen LogP contribution in [-0.4, -0.2) is 20.9 Å². The van der Waals surface area contributed by atoms with Gasteiger partial charge in [-0.25, -0.2) is 5.48 Å². The first kappa shape index (κ1) is 16.2. The number of nitrogens with zero attached hydrogens (tertiary/aromatic N) is 2. The first-order valence-electron chi connectivity index (χ1n) is 7.84. The van der Waals surface area contributed by atoms with E-state index < -0.39 is 5.91 Å². The number of hydroxylamine groups is 1. The maximum Gasteiger partial charge on any atom is 0.295 e. The molecule has 1 amide bonds. The van der Waals surface area contributed by atoms with Gasteiger partial charge in [-0.05, 0) is 18.1 Å². The van der Waals surface area contributed by atoms with Crippen LogP contribution in [0.2, 0.25) is 0 Å². The number of carbonyl (C=O) groups excluding carboxylic acids is 1. The Morgan fingerprint density at radius 2 is 1.91 bits per heavy atom. The van der Waals surface area contributed by atoms with Crippen molar-refractivity contribution >= 4 is 5.91 Å². The lowest BCUT2D eigenvalue weighted by molar-refractivity contribution is 0.0700. The molecule has 0 unspecified atom stereocenters. The predicted octanol–water partition coefficient (Wildman–Crippen LogP) is 3.64. The van der Waals surface area contributed by atoms with Gasteiger partial charge in [0.25, 0.3) is 5.91 Å². The van der Waals surface area contributed by atoms with Crippen molar-refractivity contribution in [3.05, 3.63) is 42.1 Å². The fourth-order valence-corrected chi connectivity index (χ4v) is 2.46. The number of aromatic nitrogens is 2. The average molecular weight is 301 g/mol. The molecule has 118 valence electrons. The van der Waals surface area contributed by atoms with Crippen molar-refractivity contribution < 1.29 is 10.0 Å². The van der Waals surface area contributed by atoms with Crippen molar-refractivity contribution in [3.63, 3.8) is 0 Å². The molecule has 1 aromatic heterocycles. The van der Waals surface area contributed by atoms with Crippen LogP contribution in [0.3, 0.4) is 0 Å². The molecule has 1 aromatic carbocycles. The quantitative estimate of drug-likeness (QED) is 0.444. The van der Waals surface area contributed by atoms with E-state index in [0.29, 0.717) is 0 Å². The molecule has 0 saturated heterocycles. The van der Waals surface area contributed by atoms with E-state index in [-0.39, 0.29) is 5.69 Å². The first-order valence-corrected chi connectivity index (χ1v) is 7.84. The zero-order valence-corrected chi connectivity index (χ0v) is 13.0. The molecule has 0 aliphatic carbocycles. The molecule has 0 atom stereocenters. The van der Waals surface area contributed by atoms with Gasteiger partial charge in [0.1, 0.15) is 0 Å². The zero-order valence-electron chi connectivity index (χ0n) is 13.0. The van der Waals surface area contributed by atoms with Crippen LogP contribution in [0.4, 0.5) is 0 Å². The molecule has 0 fully saturated rings. The van der Waals surface area contributed by atoms with E-state index in [1.807, 2.05) is 35.0 Å². The van der Waals surface area contributed by atoms with Crippen LogP contribution in [0.15, 0.2) is 36.4 Å². The van der Waals surface area contributed by atoms with Gasteiger partial charge in [-0.15, -0.1) is 0 Å². The van der Waals surface area contributed by atoms with Crippen molar-refractivity contribution in [2.24, 2.45) is 0 Å². The fourth-order valence-electron chi connectivity index (χ4n) is 2.46. The molecule has 0 saturated carbocycles. The Labute approximate surface area is 130 Å². The van der Waals surface area contributed by atoms with Gasteiger partial charge >= 0.3 is 0 Å². The lowest BCUT2D eigenvalue weighted by Crippen LogP contribution is -2.19. The molecule has 1 heterocycles. The highest BCUT2D eigenvalue weighted by molar-refractivity contribution is 5.92. The molecule has 2 rings (SSSR count). The summed E-state index contributed by atoms with van der Waals surface area (Å²) in [5.74, 6) is -0.582. The van der Waals surface area contributed by atoms with Crippen LogP contribution < -0.4 is 5.48 Å². The van der Waals surface area contributed by atoms with Crippen LogP contribution in [0.5, 0.6) is 0 Å². The summed E-state index contributed by atoms with van der Waals surface area (Å²) in [4.78, 5) is 11.6. The third kappa shape index (κ3) is 4.18. The molecular formula is C17H23N3O2. The molecule has 2 N–H and O–H groups in total. The van der Waals surface area contributed by atoms with Crippen molar-refractivity contribution in [1.29, 1.82) is 0 Å². The second-order valence-electron chi connectivity index (χ2n) is 5.36. The van der Waals surface area contributed by atoms with E-state index in [2.05, 4.69) is 12.0 Å². The van der Waals surface area contributed by atoms with E-state index in [1.165, 1.54) is 19.3 Å². The zero-order chi connectivity index (χ0) is 15.8. The van der Waals surface area contributed by atoms with Gasteiger partial charge in [0, 0.05) is 6.54 Å². The van der Waals surface area contributed by atoms with Crippen molar-refractivity contribution in [1.82, 2.24) is 15.3 Å². The molecule has 2 aromatic rings. The van der Waals surface area contributed by atoms with E-state index in [4.69, 9.17) is 5.21 Å². The largest absolute Gasteiger partial charge is 0.295 e. The Kier molecular flexibility index (Phi) is 6.15. The molecule has 5 heteroatoms. The summed E-state index contributed by atoms with van der Waals surface area (Å²) in [5, 5.41) is 13.1. The molecule has 5 nitrogen and oxygen atoms in total. The number of aryl methyl sites for hydroxylation is 1. The highest BCUT2D eigenvalue weighted by atomic mass is 16.5. The first-order chi connectivity index (χ1) is 10.8. The SMILES string of the molecule is CCCCCCCn1nc(C(=O)NO)cc1-c1ccccc1. The van der Waals surface area contributed by atoms with Crippen molar-refractivity contribution in [2.45, 2.75) is 45.6 Å². The van der Waals surface area contributed by atoms with Gasteiger partial charge in [0.15, 0.2) is 5.69 Å². The second-order valence-corrected chi connectivity index (χ2v) is 5.36. The number of unbranched alkanes of at least 4 members (excludes halogenated alkanes) is 4. The number of hydrogen-bond acceptors (Lipinski definition) is 3. The summed E-state index contributed by atoms with van der Waals surface area (Å²) in [6.45, 7) is 2.97. The molecule has 0 spiro atoms. The molecular weight excluding hydrogens is 278 g/mol. The predicted molar refractivity (Wildman–Crippen MR) is 85.7 cm³/mol. The third-order valence-corrected chi connectivity index (χ3v) is 3.66. The minimum absolute atomic E-state index is 0.231. The van der Waals surface area contributed by atoms with Gasteiger partial charge in [0.05, 0.1) is 5.69 Å². The maximum atomic E-state index is 11.6. The van der Waals surface area contributed by atoms with Crippen LogP contribution >= 0.6 is 0 Å². The Morgan fingerprint density at radius 1 is 1.18 bits per heavy atom. The summed E-state index contributed by atoms with van der Waals surface area (Å²) >= 11 is 0. The summed E-state index contributed by atoms with van der Waals surface area (Å²) in [5.41, 5.74) is 3.79. The molecule has 0 radical (unpaired) electrons. The lowest BCUT2D eigenvalue weighted by atomic mass is 10.1. The van der Waals surface area contributed by atoms with Crippen LogP contribution in [0, 0.1) is 0 Å². The van der Waals surface area contributed by atoms with Crippen LogP contribution in [0.1, 0.15) is 49.5 Å². The number of nitrogens with one attached hydrogen (secondary N) is 1. The smallest absolute Gasteiger partial charge is 0.288 e.